The van der Waals surface area contributed by atoms with Gasteiger partial charge < -0.3 is 19.1 Å². The summed E-state index contributed by atoms with van der Waals surface area (Å²) in [6.45, 7) is 2.20. The molecule has 0 N–H and O–H groups in total. The first-order chi connectivity index (χ1) is 15.5. The zero-order valence-corrected chi connectivity index (χ0v) is 19.4. The normalized spacial score (nSPS) is 15.2. The standard InChI is InChI=1S/C24H29ClN2O5/c1-30-18-14-17(15-19(16-18)31-2)8-9-22(28)26-10-12-27(13-11-26)23(24(29)32-3)20-6-4-5-7-21(20)25/h4-7,14-16,23H,8-13H2,1-3H3/t23-/m0/s1. The Hall–Kier alpha value is -2.77. The SMILES string of the molecule is COC(=O)[C@H](c1ccccc1Cl)N1CCN(C(=O)CCc2cc(OC)cc(OC)c2)CC1. The highest BCUT2D eigenvalue weighted by Crippen LogP contribution is 2.30. The number of amides is 1. The number of aryl methyl sites for hydroxylation is 1. The fourth-order valence-corrected chi connectivity index (χ4v) is 4.17. The minimum Gasteiger partial charge on any atom is -0.497 e. The van der Waals surface area contributed by atoms with E-state index in [0.717, 1.165) is 5.56 Å². The molecule has 1 amide bonds. The first kappa shape index (κ1) is 23.9. The van der Waals surface area contributed by atoms with Crippen LogP contribution >= 0.6 is 11.6 Å². The van der Waals surface area contributed by atoms with Gasteiger partial charge in [-0.15, -0.1) is 0 Å². The summed E-state index contributed by atoms with van der Waals surface area (Å²) in [7, 11) is 4.58. The summed E-state index contributed by atoms with van der Waals surface area (Å²) in [6, 6.07) is 12.3. The fourth-order valence-electron chi connectivity index (χ4n) is 3.93. The van der Waals surface area contributed by atoms with Gasteiger partial charge in [0.15, 0.2) is 0 Å². The Bertz CT molecular complexity index is 921. The molecule has 172 valence electrons. The number of halogens is 1. The number of hydrogen-bond acceptors (Lipinski definition) is 6. The van der Waals surface area contributed by atoms with Crippen LogP contribution in [-0.4, -0.2) is 69.2 Å². The van der Waals surface area contributed by atoms with E-state index in [9.17, 15) is 9.59 Å². The third-order valence-corrected chi connectivity index (χ3v) is 6.04. The Morgan fingerprint density at radius 1 is 0.969 bits per heavy atom. The maximum Gasteiger partial charge on any atom is 0.327 e. The molecule has 0 radical (unpaired) electrons. The van der Waals surface area contributed by atoms with Crippen LogP contribution in [0.15, 0.2) is 42.5 Å². The number of ether oxygens (including phenoxy) is 3. The minimum atomic E-state index is -0.588. The molecule has 2 aromatic carbocycles. The Kier molecular flexibility index (Phi) is 8.36. The van der Waals surface area contributed by atoms with Gasteiger partial charge in [0.2, 0.25) is 5.91 Å². The second kappa shape index (κ2) is 11.2. The molecule has 1 fully saturated rings. The molecule has 0 saturated carbocycles. The Morgan fingerprint density at radius 3 is 2.16 bits per heavy atom. The molecule has 0 aliphatic carbocycles. The van der Waals surface area contributed by atoms with Crippen LogP contribution in [0.5, 0.6) is 11.5 Å². The van der Waals surface area contributed by atoms with Crippen LogP contribution in [0.2, 0.25) is 5.02 Å². The molecule has 1 heterocycles. The summed E-state index contributed by atoms with van der Waals surface area (Å²) in [4.78, 5) is 29.2. The van der Waals surface area contributed by atoms with E-state index >= 15 is 0 Å². The highest BCUT2D eigenvalue weighted by molar-refractivity contribution is 6.31. The molecule has 1 saturated heterocycles. The quantitative estimate of drug-likeness (QED) is 0.563. The average molecular weight is 461 g/mol. The van der Waals surface area contributed by atoms with Gasteiger partial charge in [0.05, 0.1) is 21.3 Å². The molecular formula is C24H29ClN2O5. The molecule has 8 heteroatoms. The van der Waals surface area contributed by atoms with E-state index < -0.39 is 6.04 Å². The Morgan fingerprint density at radius 2 is 1.59 bits per heavy atom. The second-order valence-corrected chi connectivity index (χ2v) is 7.99. The maximum absolute atomic E-state index is 12.8. The molecule has 7 nitrogen and oxygen atoms in total. The van der Waals surface area contributed by atoms with Crippen LogP contribution in [0, 0.1) is 0 Å². The van der Waals surface area contributed by atoms with E-state index in [4.69, 9.17) is 25.8 Å². The van der Waals surface area contributed by atoms with Gasteiger partial charge in [0, 0.05) is 43.7 Å². The van der Waals surface area contributed by atoms with Crippen molar-refractivity contribution >= 4 is 23.5 Å². The smallest absolute Gasteiger partial charge is 0.327 e. The van der Waals surface area contributed by atoms with Gasteiger partial charge >= 0.3 is 5.97 Å². The number of piperazine rings is 1. The number of carbonyl (C=O) groups excluding carboxylic acids is 2. The predicted molar refractivity (Wildman–Crippen MR) is 122 cm³/mol. The first-order valence-electron chi connectivity index (χ1n) is 10.5. The van der Waals surface area contributed by atoms with Gasteiger partial charge in [0.1, 0.15) is 17.5 Å². The van der Waals surface area contributed by atoms with Crippen LogP contribution in [-0.2, 0) is 20.7 Å². The topological polar surface area (TPSA) is 68.3 Å². The maximum atomic E-state index is 12.8. The zero-order valence-electron chi connectivity index (χ0n) is 18.7. The third-order valence-electron chi connectivity index (χ3n) is 5.70. The summed E-state index contributed by atoms with van der Waals surface area (Å²) in [6.07, 6.45) is 0.984. The van der Waals surface area contributed by atoms with Crippen LogP contribution in [0.4, 0.5) is 0 Å². The lowest BCUT2D eigenvalue weighted by Gasteiger charge is -2.38. The third kappa shape index (κ3) is 5.72. The highest BCUT2D eigenvalue weighted by Gasteiger charge is 2.33. The van der Waals surface area contributed by atoms with Crippen LogP contribution in [0.25, 0.3) is 0 Å². The molecule has 1 atom stereocenters. The molecule has 1 aliphatic rings. The number of esters is 1. The van der Waals surface area contributed by atoms with Crippen molar-refractivity contribution in [3.05, 3.63) is 58.6 Å². The average Bonchev–Trinajstić information content (AvgIpc) is 2.83. The lowest BCUT2D eigenvalue weighted by molar-refractivity contribution is -0.148. The number of hydrogen-bond donors (Lipinski definition) is 0. The zero-order chi connectivity index (χ0) is 23.1. The fraction of sp³-hybridized carbons (Fsp3) is 0.417. The minimum absolute atomic E-state index is 0.0822. The van der Waals surface area contributed by atoms with E-state index in [1.807, 2.05) is 40.1 Å². The summed E-state index contributed by atoms with van der Waals surface area (Å²) in [5.74, 6) is 1.13. The summed E-state index contributed by atoms with van der Waals surface area (Å²) in [5.41, 5.74) is 1.70. The number of methoxy groups -OCH3 is 3. The van der Waals surface area contributed by atoms with Crippen molar-refractivity contribution < 1.29 is 23.8 Å². The molecule has 0 unspecified atom stereocenters. The molecule has 0 aromatic heterocycles. The van der Waals surface area contributed by atoms with Crippen LogP contribution in [0.3, 0.4) is 0 Å². The second-order valence-electron chi connectivity index (χ2n) is 7.58. The highest BCUT2D eigenvalue weighted by atomic mass is 35.5. The molecule has 1 aliphatic heterocycles. The van der Waals surface area contributed by atoms with Gasteiger partial charge in [-0.2, -0.15) is 0 Å². The molecule has 0 spiro atoms. The van der Waals surface area contributed by atoms with E-state index in [-0.39, 0.29) is 11.9 Å². The van der Waals surface area contributed by atoms with Crippen LogP contribution in [0.1, 0.15) is 23.6 Å². The van der Waals surface area contributed by atoms with Crippen molar-refractivity contribution in [1.82, 2.24) is 9.80 Å². The summed E-state index contributed by atoms with van der Waals surface area (Å²) in [5, 5.41) is 0.523. The van der Waals surface area contributed by atoms with E-state index in [1.165, 1.54) is 7.11 Å². The molecule has 0 bridgehead atoms. The molecule has 32 heavy (non-hydrogen) atoms. The van der Waals surface area contributed by atoms with Crippen molar-refractivity contribution in [2.24, 2.45) is 0 Å². The van der Waals surface area contributed by atoms with Gasteiger partial charge in [-0.1, -0.05) is 29.8 Å². The van der Waals surface area contributed by atoms with Gasteiger partial charge in [-0.25, -0.2) is 4.79 Å². The predicted octanol–water partition coefficient (Wildman–Crippen LogP) is 3.35. The molecule has 3 rings (SSSR count). The summed E-state index contributed by atoms with van der Waals surface area (Å²) < 4.78 is 15.6. The van der Waals surface area contributed by atoms with E-state index in [2.05, 4.69) is 0 Å². The van der Waals surface area contributed by atoms with Crippen molar-refractivity contribution in [2.75, 3.05) is 47.5 Å². The van der Waals surface area contributed by atoms with Gasteiger partial charge in [-0.05, 0) is 35.7 Å². The Balaban J connectivity index is 1.60. The van der Waals surface area contributed by atoms with Crippen LogP contribution < -0.4 is 9.47 Å². The number of rotatable bonds is 8. The van der Waals surface area contributed by atoms with Gasteiger partial charge in [0.25, 0.3) is 0 Å². The van der Waals surface area contributed by atoms with Crippen molar-refractivity contribution in [2.45, 2.75) is 18.9 Å². The van der Waals surface area contributed by atoms with Gasteiger partial charge in [-0.3, -0.25) is 9.69 Å². The molecular weight excluding hydrogens is 432 g/mol. The Labute approximate surface area is 193 Å². The van der Waals surface area contributed by atoms with E-state index in [1.54, 1.807) is 26.4 Å². The monoisotopic (exact) mass is 460 g/mol. The number of carbonyl (C=O) groups is 2. The van der Waals surface area contributed by atoms with Crippen molar-refractivity contribution in [1.29, 1.82) is 0 Å². The largest absolute Gasteiger partial charge is 0.497 e. The van der Waals surface area contributed by atoms with Crippen molar-refractivity contribution in [3.8, 4) is 11.5 Å². The number of benzene rings is 2. The first-order valence-corrected chi connectivity index (χ1v) is 10.9. The molecule has 2 aromatic rings. The number of nitrogens with zero attached hydrogens (tertiary/aromatic N) is 2. The lowest BCUT2D eigenvalue weighted by Crippen LogP contribution is -2.51. The van der Waals surface area contributed by atoms with Crippen molar-refractivity contribution in [3.63, 3.8) is 0 Å². The van der Waals surface area contributed by atoms with E-state index in [0.29, 0.717) is 61.1 Å². The summed E-state index contributed by atoms with van der Waals surface area (Å²) >= 11 is 6.34. The lowest BCUT2D eigenvalue weighted by atomic mass is 10.0.